The van der Waals surface area contributed by atoms with Gasteiger partial charge < -0.3 is 0 Å². The van der Waals surface area contributed by atoms with Crippen LogP contribution < -0.4 is 5.56 Å². The normalized spacial score (nSPS) is 13.5. The molecule has 1 aliphatic rings. The first-order valence-electron chi connectivity index (χ1n) is 8.33. The van der Waals surface area contributed by atoms with Crippen LogP contribution in [0.4, 0.5) is 4.39 Å². The van der Waals surface area contributed by atoms with Gasteiger partial charge in [0.1, 0.15) is 5.82 Å². The summed E-state index contributed by atoms with van der Waals surface area (Å²) in [4.78, 5) is 13.0. The Morgan fingerprint density at radius 3 is 2.21 bits per heavy atom. The predicted octanol–water partition coefficient (Wildman–Crippen LogP) is 4.52. The predicted molar refractivity (Wildman–Crippen MR) is 94.1 cm³/mol. The van der Waals surface area contributed by atoms with Crippen molar-refractivity contribution in [3.05, 3.63) is 88.1 Å². The molecule has 24 heavy (non-hydrogen) atoms. The second-order valence-corrected chi connectivity index (χ2v) is 6.22. The van der Waals surface area contributed by atoms with Crippen LogP contribution in [0.3, 0.4) is 0 Å². The first-order valence-corrected chi connectivity index (χ1v) is 8.33. The Kier molecular flexibility index (Phi) is 3.77. The molecule has 0 atom stereocenters. The molecule has 120 valence electrons. The van der Waals surface area contributed by atoms with Gasteiger partial charge in [-0.2, -0.15) is 0 Å². The maximum absolute atomic E-state index is 13.3. The molecule has 1 heterocycles. The SMILES string of the molecule is O=c1c2c(c(-c3ccc(F)cc3)cn1-c1ccccc1)CCCC2. The summed E-state index contributed by atoms with van der Waals surface area (Å²) in [6.07, 6.45) is 5.78. The smallest absolute Gasteiger partial charge is 0.258 e. The number of benzene rings is 2. The lowest BCUT2D eigenvalue weighted by atomic mass is 9.87. The maximum atomic E-state index is 13.3. The number of nitrogens with zero attached hydrogens (tertiary/aromatic N) is 1. The third-order valence-electron chi connectivity index (χ3n) is 4.72. The van der Waals surface area contributed by atoms with Gasteiger partial charge in [-0.3, -0.25) is 9.36 Å². The van der Waals surface area contributed by atoms with Gasteiger partial charge in [0.2, 0.25) is 0 Å². The standard InChI is InChI=1S/C21H18FNO/c22-16-12-10-15(11-13-16)20-14-23(17-6-2-1-3-7-17)21(24)19-9-5-4-8-18(19)20/h1-3,6-7,10-14H,4-5,8-9H2. The van der Waals surface area contributed by atoms with Gasteiger partial charge in [-0.05, 0) is 61.1 Å². The van der Waals surface area contributed by atoms with Crippen molar-refractivity contribution in [2.24, 2.45) is 0 Å². The van der Waals surface area contributed by atoms with Crippen molar-refractivity contribution in [2.45, 2.75) is 25.7 Å². The topological polar surface area (TPSA) is 22.0 Å². The second-order valence-electron chi connectivity index (χ2n) is 6.22. The van der Waals surface area contributed by atoms with E-state index in [1.165, 1.54) is 12.1 Å². The molecule has 0 saturated heterocycles. The molecular weight excluding hydrogens is 301 g/mol. The highest BCUT2D eigenvalue weighted by atomic mass is 19.1. The summed E-state index contributed by atoms with van der Waals surface area (Å²) in [6, 6.07) is 16.2. The largest absolute Gasteiger partial charge is 0.283 e. The molecule has 0 unspecified atom stereocenters. The molecule has 4 rings (SSSR count). The summed E-state index contributed by atoms with van der Waals surface area (Å²) < 4.78 is 15.0. The summed E-state index contributed by atoms with van der Waals surface area (Å²) in [5.41, 5.74) is 4.96. The number of hydrogen-bond donors (Lipinski definition) is 0. The van der Waals surface area contributed by atoms with Gasteiger partial charge in [0.05, 0.1) is 0 Å². The van der Waals surface area contributed by atoms with E-state index in [2.05, 4.69) is 0 Å². The van der Waals surface area contributed by atoms with Crippen LogP contribution >= 0.6 is 0 Å². The van der Waals surface area contributed by atoms with Gasteiger partial charge in [-0.25, -0.2) is 4.39 Å². The zero-order valence-corrected chi connectivity index (χ0v) is 13.3. The molecule has 0 N–H and O–H groups in total. The van der Waals surface area contributed by atoms with Gasteiger partial charge in [0, 0.05) is 23.0 Å². The van der Waals surface area contributed by atoms with Crippen molar-refractivity contribution in [1.29, 1.82) is 0 Å². The van der Waals surface area contributed by atoms with E-state index in [-0.39, 0.29) is 11.4 Å². The minimum Gasteiger partial charge on any atom is -0.283 e. The van der Waals surface area contributed by atoms with E-state index in [4.69, 9.17) is 0 Å². The highest BCUT2D eigenvalue weighted by Crippen LogP contribution is 2.30. The molecule has 1 aromatic heterocycles. The molecule has 3 heteroatoms. The van der Waals surface area contributed by atoms with Gasteiger partial charge in [-0.1, -0.05) is 30.3 Å². The summed E-state index contributed by atoms with van der Waals surface area (Å²) in [7, 11) is 0. The lowest BCUT2D eigenvalue weighted by Crippen LogP contribution is -2.26. The van der Waals surface area contributed by atoms with E-state index >= 15 is 0 Å². The summed E-state index contributed by atoms with van der Waals surface area (Å²) in [6.45, 7) is 0. The molecule has 0 fully saturated rings. The number of fused-ring (bicyclic) bond motifs is 1. The molecule has 1 aliphatic carbocycles. The number of pyridine rings is 1. The zero-order chi connectivity index (χ0) is 16.5. The number of rotatable bonds is 2. The van der Waals surface area contributed by atoms with Crippen LogP contribution in [0, 0.1) is 5.82 Å². The van der Waals surface area contributed by atoms with E-state index in [9.17, 15) is 9.18 Å². The maximum Gasteiger partial charge on any atom is 0.258 e. The number of hydrogen-bond acceptors (Lipinski definition) is 1. The van der Waals surface area contributed by atoms with Gasteiger partial charge >= 0.3 is 0 Å². The molecule has 2 nitrogen and oxygen atoms in total. The molecule has 3 aromatic rings. The van der Waals surface area contributed by atoms with E-state index in [1.807, 2.05) is 36.5 Å². The van der Waals surface area contributed by atoms with Crippen molar-refractivity contribution in [2.75, 3.05) is 0 Å². The van der Waals surface area contributed by atoms with E-state index in [1.54, 1.807) is 16.7 Å². The summed E-state index contributed by atoms with van der Waals surface area (Å²) >= 11 is 0. The van der Waals surface area contributed by atoms with Crippen molar-refractivity contribution in [3.63, 3.8) is 0 Å². The molecule has 0 saturated carbocycles. The fourth-order valence-corrected chi connectivity index (χ4v) is 3.51. The van der Waals surface area contributed by atoms with E-state index in [0.29, 0.717) is 0 Å². The molecular formula is C21H18FNO. The molecule has 0 radical (unpaired) electrons. The van der Waals surface area contributed by atoms with Crippen molar-refractivity contribution >= 4 is 0 Å². The van der Waals surface area contributed by atoms with Crippen LogP contribution in [-0.4, -0.2) is 4.57 Å². The Hall–Kier alpha value is -2.68. The third-order valence-corrected chi connectivity index (χ3v) is 4.72. The third kappa shape index (κ3) is 2.56. The first kappa shape index (κ1) is 14.9. The lowest BCUT2D eigenvalue weighted by Gasteiger charge is -2.21. The second kappa shape index (κ2) is 6.08. The Balaban J connectivity index is 1.99. The van der Waals surface area contributed by atoms with Crippen LogP contribution in [0.2, 0.25) is 0 Å². The minimum absolute atomic E-state index is 0.0711. The van der Waals surface area contributed by atoms with E-state index < -0.39 is 0 Å². The van der Waals surface area contributed by atoms with E-state index in [0.717, 1.165) is 53.6 Å². The average Bonchev–Trinajstić information content (AvgIpc) is 2.64. The van der Waals surface area contributed by atoms with Crippen LogP contribution in [0.1, 0.15) is 24.0 Å². The summed E-state index contributed by atoms with van der Waals surface area (Å²) in [5.74, 6) is -0.246. The van der Waals surface area contributed by atoms with Gasteiger partial charge in [-0.15, -0.1) is 0 Å². The Morgan fingerprint density at radius 1 is 0.833 bits per heavy atom. The highest BCUT2D eigenvalue weighted by molar-refractivity contribution is 5.68. The fourth-order valence-electron chi connectivity index (χ4n) is 3.51. The molecule has 0 aliphatic heterocycles. The Labute approximate surface area is 140 Å². The minimum atomic E-state index is -0.246. The van der Waals surface area contributed by atoms with Crippen LogP contribution in [-0.2, 0) is 12.8 Å². The van der Waals surface area contributed by atoms with Crippen molar-refractivity contribution < 1.29 is 4.39 Å². The van der Waals surface area contributed by atoms with Crippen molar-refractivity contribution in [1.82, 2.24) is 4.57 Å². The fraction of sp³-hybridized carbons (Fsp3) is 0.190. The monoisotopic (exact) mass is 319 g/mol. The van der Waals surface area contributed by atoms with Crippen LogP contribution in [0.5, 0.6) is 0 Å². The number of aromatic nitrogens is 1. The van der Waals surface area contributed by atoms with Crippen LogP contribution in [0.25, 0.3) is 16.8 Å². The molecule has 0 bridgehead atoms. The quantitative estimate of drug-likeness (QED) is 0.680. The first-order chi connectivity index (χ1) is 11.7. The molecule has 0 spiro atoms. The Morgan fingerprint density at radius 2 is 1.50 bits per heavy atom. The molecule has 2 aromatic carbocycles. The molecule has 0 amide bonds. The lowest BCUT2D eigenvalue weighted by molar-refractivity contribution is 0.628. The highest BCUT2D eigenvalue weighted by Gasteiger charge is 2.20. The summed E-state index contributed by atoms with van der Waals surface area (Å²) in [5, 5.41) is 0. The van der Waals surface area contributed by atoms with Gasteiger partial charge in [0.15, 0.2) is 0 Å². The van der Waals surface area contributed by atoms with Crippen LogP contribution in [0.15, 0.2) is 65.6 Å². The van der Waals surface area contributed by atoms with Gasteiger partial charge in [0.25, 0.3) is 5.56 Å². The Bertz CT molecular complexity index is 927. The van der Waals surface area contributed by atoms with Crippen molar-refractivity contribution in [3.8, 4) is 16.8 Å². The number of halogens is 1. The number of para-hydroxylation sites is 1. The average molecular weight is 319 g/mol. The zero-order valence-electron chi connectivity index (χ0n) is 13.3.